The summed E-state index contributed by atoms with van der Waals surface area (Å²) in [6.45, 7) is 4.92. The fourth-order valence-electron chi connectivity index (χ4n) is 2.33. The standard InChI is InChI=1S/C15H20FN3/c1-4-9-19-14(7-8-18-19)15(17-3)12-10-11(2)5-6-13(12)16/h5-8,10,15,17H,4,9H2,1-3H3. The molecule has 0 saturated carbocycles. The van der Waals surface area contributed by atoms with E-state index < -0.39 is 0 Å². The van der Waals surface area contributed by atoms with Crippen molar-refractivity contribution in [3.63, 3.8) is 0 Å². The zero-order valence-electron chi connectivity index (χ0n) is 11.7. The minimum absolute atomic E-state index is 0.172. The second-order valence-electron chi connectivity index (χ2n) is 4.73. The van der Waals surface area contributed by atoms with Crippen LogP contribution in [0.1, 0.15) is 36.2 Å². The molecule has 0 bridgehead atoms. The second-order valence-corrected chi connectivity index (χ2v) is 4.73. The van der Waals surface area contributed by atoms with Crippen molar-refractivity contribution in [3.8, 4) is 0 Å². The first-order valence-electron chi connectivity index (χ1n) is 6.62. The molecule has 1 aromatic heterocycles. The highest BCUT2D eigenvalue weighted by molar-refractivity contribution is 5.32. The third kappa shape index (κ3) is 2.84. The molecule has 1 heterocycles. The van der Waals surface area contributed by atoms with Crippen LogP contribution in [0.25, 0.3) is 0 Å². The van der Waals surface area contributed by atoms with Gasteiger partial charge in [-0.3, -0.25) is 4.68 Å². The molecule has 1 atom stereocenters. The van der Waals surface area contributed by atoms with Gasteiger partial charge in [-0.25, -0.2) is 4.39 Å². The number of nitrogens with one attached hydrogen (secondary N) is 1. The van der Waals surface area contributed by atoms with Gasteiger partial charge in [-0.1, -0.05) is 24.6 Å². The molecule has 0 radical (unpaired) electrons. The fourth-order valence-corrected chi connectivity index (χ4v) is 2.33. The first-order valence-corrected chi connectivity index (χ1v) is 6.62. The molecule has 0 aliphatic carbocycles. The van der Waals surface area contributed by atoms with Gasteiger partial charge in [0.15, 0.2) is 0 Å². The number of rotatable bonds is 5. The van der Waals surface area contributed by atoms with Gasteiger partial charge < -0.3 is 5.32 Å². The van der Waals surface area contributed by atoms with Crippen LogP contribution in [0, 0.1) is 12.7 Å². The van der Waals surface area contributed by atoms with Crippen molar-refractivity contribution >= 4 is 0 Å². The summed E-state index contributed by atoms with van der Waals surface area (Å²) < 4.78 is 16.0. The predicted octanol–water partition coefficient (Wildman–Crippen LogP) is 3.05. The van der Waals surface area contributed by atoms with Gasteiger partial charge in [-0.05, 0) is 32.5 Å². The number of aryl methyl sites for hydroxylation is 2. The Hall–Kier alpha value is -1.68. The van der Waals surface area contributed by atoms with E-state index in [0.717, 1.165) is 24.2 Å². The van der Waals surface area contributed by atoms with Gasteiger partial charge in [0.05, 0.1) is 11.7 Å². The maximum Gasteiger partial charge on any atom is 0.128 e. The first kappa shape index (κ1) is 13.7. The average molecular weight is 261 g/mol. The van der Waals surface area contributed by atoms with E-state index in [1.165, 1.54) is 6.07 Å². The summed E-state index contributed by atoms with van der Waals surface area (Å²) >= 11 is 0. The predicted molar refractivity (Wildman–Crippen MR) is 74.6 cm³/mol. The smallest absolute Gasteiger partial charge is 0.128 e. The summed E-state index contributed by atoms with van der Waals surface area (Å²) in [7, 11) is 1.84. The minimum atomic E-state index is -0.186. The first-order chi connectivity index (χ1) is 9.17. The van der Waals surface area contributed by atoms with Crippen LogP contribution in [0.5, 0.6) is 0 Å². The minimum Gasteiger partial charge on any atom is -0.308 e. The molecule has 19 heavy (non-hydrogen) atoms. The topological polar surface area (TPSA) is 29.9 Å². The Labute approximate surface area is 113 Å². The number of aromatic nitrogens is 2. The summed E-state index contributed by atoms with van der Waals surface area (Å²) in [5.41, 5.74) is 2.72. The lowest BCUT2D eigenvalue weighted by Gasteiger charge is -2.19. The van der Waals surface area contributed by atoms with Crippen LogP contribution in [0.3, 0.4) is 0 Å². The Kier molecular flexibility index (Phi) is 4.32. The molecular formula is C15H20FN3. The lowest BCUT2D eigenvalue weighted by atomic mass is 10.0. The van der Waals surface area contributed by atoms with Gasteiger partial charge in [0, 0.05) is 18.3 Å². The van der Waals surface area contributed by atoms with Gasteiger partial charge in [-0.2, -0.15) is 5.10 Å². The van der Waals surface area contributed by atoms with Gasteiger partial charge in [-0.15, -0.1) is 0 Å². The van der Waals surface area contributed by atoms with E-state index >= 15 is 0 Å². The quantitative estimate of drug-likeness (QED) is 0.896. The number of hydrogen-bond donors (Lipinski definition) is 1. The van der Waals surface area contributed by atoms with Gasteiger partial charge >= 0.3 is 0 Å². The Balaban J connectivity index is 2.44. The van der Waals surface area contributed by atoms with E-state index in [1.54, 1.807) is 12.3 Å². The van der Waals surface area contributed by atoms with Crippen LogP contribution in [0.4, 0.5) is 4.39 Å². The second kappa shape index (κ2) is 5.97. The van der Waals surface area contributed by atoms with Crippen LogP contribution < -0.4 is 5.32 Å². The normalized spacial score (nSPS) is 12.6. The van der Waals surface area contributed by atoms with E-state index in [-0.39, 0.29) is 11.9 Å². The Morgan fingerprint density at radius 3 is 2.84 bits per heavy atom. The van der Waals surface area contributed by atoms with Crippen LogP contribution in [-0.4, -0.2) is 16.8 Å². The third-order valence-electron chi connectivity index (χ3n) is 3.23. The highest BCUT2D eigenvalue weighted by atomic mass is 19.1. The molecule has 2 aromatic rings. The summed E-state index contributed by atoms with van der Waals surface area (Å²) in [5, 5.41) is 7.49. The number of halogens is 1. The Bertz CT molecular complexity index is 548. The summed E-state index contributed by atoms with van der Waals surface area (Å²) in [5.74, 6) is -0.186. The number of hydrogen-bond acceptors (Lipinski definition) is 2. The van der Waals surface area contributed by atoms with Crippen LogP contribution >= 0.6 is 0 Å². The highest BCUT2D eigenvalue weighted by Gasteiger charge is 2.19. The Morgan fingerprint density at radius 1 is 1.37 bits per heavy atom. The van der Waals surface area contributed by atoms with Crippen molar-refractivity contribution < 1.29 is 4.39 Å². The van der Waals surface area contributed by atoms with Crippen molar-refractivity contribution in [3.05, 3.63) is 53.1 Å². The van der Waals surface area contributed by atoms with Gasteiger partial charge in [0.2, 0.25) is 0 Å². The monoisotopic (exact) mass is 261 g/mol. The van der Waals surface area contributed by atoms with E-state index in [1.807, 2.05) is 30.8 Å². The molecule has 1 unspecified atom stereocenters. The maximum atomic E-state index is 14.0. The summed E-state index contributed by atoms with van der Waals surface area (Å²) in [6, 6.07) is 6.97. The molecule has 0 fully saturated rings. The van der Waals surface area contributed by atoms with E-state index in [0.29, 0.717) is 5.56 Å². The molecule has 4 heteroatoms. The summed E-state index contributed by atoms with van der Waals surface area (Å²) in [4.78, 5) is 0. The van der Waals surface area contributed by atoms with Crippen molar-refractivity contribution in [2.75, 3.05) is 7.05 Å². The highest BCUT2D eigenvalue weighted by Crippen LogP contribution is 2.25. The molecule has 0 saturated heterocycles. The van der Waals surface area contributed by atoms with Crippen LogP contribution in [-0.2, 0) is 6.54 Å². The zero-order chi connectivity index (χ0) is 13.8. The van der Waals surface area contributed by atoms with E-state index in [4.69, 9.17) is 0 Å². The van der Waals surface area contributed by atoms with Crippen molar-refractivity contribution in [1.29, 1.82) is 0 Å². The SMILES string of the molecule is CCCn1nccc1C(NC)c1cc(C)ccc1F. The van der Waals surface area contributed by atoms with Crippen LogP contribution in [0.15, 0.2) is 30.5 Å². The number of nitrogens with zero attached hydrogens (tertiary/aromatic N) is 2. The molecule has 0 amide bonds. The molecule has 1 aromatic carbocycles. The lowest BCUT2D eigenvalue weighted by molar-refractivity contribution is 0.516. The van der Waals surface area contributed by atoms with Gasteiger partial charge in [0.25, 0.3) is 0 Å². The summed E-state index contributed by atoms with van der Waals surface area (Å²) in [6.07, 6.45) is 2.77. The maximum absolute atomic E-state index is 14.0. The van der Waals surface area contributed by atoms with Crippen LogP contribution in [0.2, 0.25) is 0 Å². The molecule has 0 aliphatic heterocycles. The van der Waals surface area contributed by atoms with Crippen molar-refractivity contribution in [1.82, 2.24) is 15.1 Å². The molecule has 3 nitrogen and oxygen atoms in total. The van der Waals surface area contributed by atoms with Crippen molar-refractivity contribution in [2.45, 2.75) is 32.9 Å². The van der Waals surface area contributed by atoms with E-state index in [9.17, 15) is 4.39 Å². The number of benzene rings is 1. The molecule has 102 valence electrons. The molecule has 2 rings (SSSR count). The lowest BCUT2D eigenvalue weighted by Crippen LogP contribution is -2.22. The Morgan fingerprint density at radius 2 is 2.16 bits per heavy atom. The molecular weight excluding hydrogens is 241 g/mol. The zero-order valence-corrected chi connectivity index (χ0v) is 11.7. The fraction of sp³-hybridized carbons (Fsp3) is 0.400. The average Bonchev–Trinajstić information content (AvgIpc) is 2.83. The molecule has 1 N–H and O–H groups in total. The van der Waals surface area contributed by atoms with Gasteiger partial charge in [0.1, 0.15) is 5.82 Å². The molecule has 0 spiro atoms. The van der Waals surface area contributed by atoms with E-state index in [2.05, 4.69) is 17.3 Å². The third-order valence-corrected chi connectivity index (χ3v) is 3.23. The molecule has 0 aliphatic rings. The largest absolute Gasteiger partial charge is 0.308 e. The van der Waals surface area contributed by atoms with Crippen molar-refractivity contribution in [2.24, 2.45) is 0 Å².